The first kappa shape index (κ1) is 15.7. The molecule has 3 aromatic rings. The fourth-order valence-electron chi connectivity index (χ4n) is 2.88. The van der Waals surface area contributed by atoms with Crippen LogP contribution < -0.4 is 0 Å². The predicted molar refractivity (Wildman–Crippen MR) is 90.7 cm³/mol. The molecule has 2 aromatic carbocycles. The molecule has 8 nitrogen and oxygen atoms in total. The number of hydrogen-bond acceptors (Lipinski definition) is 5. The van der Waals surface area contributed by atoms with Crippen molar-refractivity contribution in [1.82, 2.24) is 14.3 Å². The zero-order valence-electron chi connectivity index (χ0n) is 13.0. The number of nitrogens with one attached hydrogen (secondary N) is 1. The summed E-state index contributed by atoms with van der Waals surface area (Å²) in [5.74, 6) is 0.743. The largest absolute Gasteiger partial charge is 0.342 e. The van der Waals surface area contributed by atoms with E-state index in [4.69, 9.17) is 0 Å². The van der Waals surface area contributed by atoms with Gasteiger partial charge in [-0.3, -0.25) is 10.1 Å². The number of rotatable bonds is 4. The second-order valence-corrected chi connectivity index (χ2v) is 7.85. The topological polar surface area (TPSA) is 109 Å². The Kier molecular flexibility index (Phi) is 3.55. The highest BCUT2D eigenvalue weighted by Gasteiger charge is 2.39. The molecule has 4 rings (SSSR count). The average Bonchev–Trinajstić information content (AvgIpc) is 2.96. The quantitative estimate of drug-likeness (QED) is 0.568. The number of aromatic nitrogens is 2. The summed E-state index contributed by atoms with van der Waals surface area (Å²) >= 11 is 0. The summed E-state index contributed by atoms with van der Waals surface area (Å²) in [5.41, 5.74) is 1.52. The van der Waals surface area contributed by atoms with E-state index in [0.717, 1.165) is 22.9 Å². The minimum atomic E-state index is -3.74. The summed E-state index contributed by atoms with van der Waals surface area (Å²) in [6.07, 6.45) is 0. The first-order chi connectivity index (χ1) is 11.9. The number of nitro benzene ring substituents is 1. The van der Waals surface area contributed by atoms with Crippen molar-refractivity contribution < 1.29 is 13.3 Å². The Hall–Kier alpha value is -2.78. The van der Waals surface area contributed by atoms with Crippen LogP contribution in [0.4, 0.5) is 5.69 Å². The van der Waals surface area contributed by atoms with Gasteiger partial charge >= 0.3 is 0 Å². The van der Waals surface area contributed by atoms with Gasteiger partial charge in [-0.1, -0.05) is 18.2 Å². The first-order valence-corrected chi connectivity index (χ1v) is 9.08. The predicted octanol–water partition coefficient (Wildman–Crippen LogP) is 2.26. The molecule has 1 aliphatic heterocycles. The average molecular weight is 358 g/mol. The van der Waals surface area contributed by atoms with E-state index >= 15 is 0 Å². The molecule has 0 amide bonds. The summed E-state index contributed by atoms with van der Waals surface area (Å²) in [4.78, 5) is 17.9. The molecule has 1 aromatic heterocycles. The fourth-order valence-corrected chi connectivity index (χ4v) is 4.45. The molecule has 9 heteroatoms. The smallest absolute Gasteiger partial charge is 0.270 e. The minimum absolute atomic E-state index is 0.0131. The van der Waals surface area contributed by atoms with E-state index in [-0.39, 0.29) is 16.5 Å². The van der Waals surface area contributed by atoms with Crippen LogP contribution >= 0.6 is 0 Å². The second kappa shape index (κ2) is 5.64. The third-order valence-electron chi connectivity index (χ3n) is 4.31. The van der Waals surface area contributed by atoms with E-state index in [1.165, 1.54) is 22.5 Å². The lowest BCUT2D eigenvalue weighted by atomic mass is 10.0. The number of para-hydroxylation sites is 2. The van der Waals surface area contributed by atoms with Crippen LogP contribution in [0.1, 0.15) is 11.7 Å². The van der Waals surface area contributed by atoms with Gasteiger partial charge < -0.3 is 4.98 Å². The third kappa shape index (κ3) is 2.67. The molecule has 0 radical (unpaired) electrons. The Labute approximate surface area is 143 Å². The maximum absolute atomic E-state index is 12.6. The number of nitrogens with zero attached hydrogens (tertiary/aromatic N) is 3. The number of non-ortho nitro benzene ring substituents is 1. The van der Waals surface area contributed by atoms with Crippen molar-refractivity contribution >= 4 is 26.7 Å². The maximum atomic E-state index is 12.6. The Balaban J connectivity index is 1.54. The highest BCUT2D eigenvalue weighted by molar-refractivity contribution is 7.89. The Morgan fingerprint density at radius 1 is 1.16 bits per heavy atom. The minimum Gasteiger partial charge on any atom is -0.342 e. The lowest BCUT2D eigenvalue weighted by Crippen LogP contribution is -2.48. The molecule has 0 spiro atoms. The number of imidazole rings is 1. The molecule has 128 valence electrons. The van der Waals surface area contributed by atoms with Gasteiger partial charge in [-0.05, 0) is 18.2 Å². The van der Waals surface area contributed by atoms with Crippen LogP contribution in [0.25, 0.3) is 11.0 Å². The fraction of sp³-hybridized carbons (Fsp3) is 0.188. The van der Waals surface area contributed by atoms with Gasteiger partial charge in [0.2, 0.25) is 10.0 Å². The van der Waals surface area contributed by atoms with Crippen LogP contribution in [0.3, 0.4) is 0 Å². The van der Waals surface area contributed by atoms with Gasteiger partial charge in [0.25, 0.3) is 5.69 Å². The van der Waals surface area contributed by atoms with Crippen molar-refractivity contribution in [3.05, 3.63) is 64.5 Å². The standard InChI is InChI=1S/C16H14N4O4S/c21-20(22)12-4-3-5-13(8-12)25(23,24)19-9-11(10-19)16-17-14-6-1-2-7-15(14)18-16/h1-8,11H,9-10H2,(H,17,18). The van der Waals surface area contributed by atoms with Gasteiger partial charge in [0, 0.05) is 31.1 Å². The molecule has 0 saturated carbocycles. The van der Waals surface area contributed by atoms with E-state index in [9.17, 15) is 18.5 Å². The molecule has 1 fully saturated rings. The van der Waals surface area contributed by atoms with E-state index in [1.807, 2.05) is 24.3 Å². The van der Waals surface area contributed by atoms with E-state index in [0.29, 0.717) is 13.1 Å². The number of hydrogen-bond donors (Lipinski definition) is 1. The van der Waals surface area contributed by atoms with Crippen LogP contribution in [0.2, 0.25) is 0 Å². The van der Waals surface area contributed by atoms with Crippen molar-refractivity contribution in [2.45, 2.75) is 10.8 Å². The summed E-state index contributed by atoms with van der Waals surface area (Å²) in [5, 5.41) is 10.8. The van der Waals surface area contributed by atoms with E-state index < -0.39 is 14.9 Å². The van der Waals surface area contributed by atoms with Gasteiger partial charge in [-0.15, -0.1) is 0 Å². The number of H-pyrrole nitrogens is 1. The summed E-state index contributed by atoms with van der Waals surface area (Å²) < 4.78 is 26.5. The van der Waals surface area contributed by atoms with Crippen LogP contribution in [-0.4, -0.2) is 40.7 Å². The molecule has 0 aliphatic carbocycles. The van der Waals surface area contributed by atoms with Gasteiger partial charge in [0.1, 0.15) is 5.82 Å². The first-order valence-electron chi connectivity index (χ1n) is 7.64. The molecule has 0 atom stereocenters. The number of aromatic amines is 1. The Morgan fingerprint density at radius 2 is 1.92 bits per heavy atom. The van der Waals surface area contributed by atoms with Crippen molar-refractivity contribution in [2.24, 2.45) is 0 Å². The zero-order valence-corrected chi connectivity index (χ0v) is 13.8. The van der Waals surface area contributed by atoms with Crippen molar-refractivity contribution in [1.29, 1.82) is 0 Å². The monoisotopic (exact) mass is 358 g/mol. The molecular weight excluding hydrogens is 344 g/mol. The third-order valence-corrected chi connectivity index (χ3v) is 6.14. The summed E-state index contributed by atoms with van der Waals surface area (Å²) in [6.45, 7) is 0.593. The normalized spacial score (nSPS) is 16.0. The number of sulfonamides is 1. The molecule has 1 N–H and O–H groups in total. The van der Waals surface area contributed by atoms with Crippen LogP contribution in [0.5, 0.6) is 0 Å². The number of benzene rings is 2. The van der Waals surface area contributed by atoms with Crippen molar-refractivity contribution in [3.8, 4) is 0 Å². The highest BCUT2D eigenvalue weighted by atomic mass is 32.2. The Bertz CT molecular complexity index is 1040. The lowest BCUT2D eigenvalue weighted by Gasteiger charge is -2.36. The summed E-state index contributed by atoms with van der Waals surface area (Å²) in [6, 6.07) is 12.7. The molecule has 25 heavy (non-hydrogen) atoms. The number of nitro groups is 1. The van der Waals surface area contributed by atoms with Crippen LogP contribution in [0, 0.1) is 10.1 Å². The molecule has 1 aliphatic rings. The van der Waals surface area contributed by atoms with Gasteiger partial charge in [-0.25, -0.2) is 13.4 Å². The summed E-state index contributed by atoms with van der Waals surface area (Å²) in [7, 11) is -3.74. The van der Waals surface area contributed by atoms with Crippen molar-refractivity contribution in [2.75, 3.05) is 13.1 Å². The second-order valence-electron chi connectivity index (χ2n) is 5.91. The highest BCUT2D eigenvalue weighted by Crippen LogP contribution is 2.32. The Morgan fingerprint density at radius 3 is 2.64 bits per heavy atom. The molecule has 0 unspecified atom stereocenters. The maximum Gasteiger partial charge on any atom is 0.270 e. The SMILES string of the molecule is O=[N+]([O-])c1cccc(S(=O)(=O)N2CC(c3nc4ccccc4[nH]3)C2)c1. The molecule has 1 saturated heterocycles. The zero-order chi connectivity index (χ0) is 17.6. The number of fused-ring (bicyclic) bond motifs is 1. The van der Waals surface area contributed by atoms with Gasteiger partial charge in [0.05, 0.1) is 20.9 Å². The molecule has 2 heterocycles. The lowest BCUT2D eigenvalue weighted by molar-refractivity contribution is -0.385. The molecular formula is C16H14N4O4S. The van der Waals surface area contributed by atoms with Gasteiger partial charge in [0.15, 0.2) is 0 Å². The van der Waals surface area contributed by atoms with Crippen LogP contribution in [-0.2, 0) is 10.0 Å². The van der Waals surface area contributed by atoms with Gasteiger partial charge in [-0.2, -0.15) is 4.31 Å². The van der Waals surface area contributed by atoms with E-state index in [2.05, 4.69) is 9.97 Å². The van der Waals surface area contributed by atoms with Crippen LogP contribution in [0.15, 0.2) is 53.4 Å². The van der Waals surface area contributed by atoms with Crippen molar-refractivity contribution in [3.63, 3.8) is 0 Å². The molecule has 0 bridgehead atoms. The van der Waals surface area contributed by atoms with E-state index in [1.54, 1.807) is 0 Å².